The lowest BCUT2D eigenvalue weighted by atomic mass is 10.4. The van der Waals surface area contributed by atoms with Gasteiger partial charge >= 0.3 is 0 Å². The number of aliphatic hydroxyl groups excluding tert-OH is 2. The predicted octanol–water partition coefficient (Wildman–Crippen LogP) is -1.42. The molecule has 4 heteroatoms. The molecular formula is C5H14N2O2. The van der Waals surface area contributed by atoms with Crippen molar-refractivity contribution in [3.8, 4) is 0 Å². The second-order valence-corrected chi connectivity index (χ2v) is 1.90. The number of nitrogens with two attached hydrogens (primary N) is 1. The molecule has 0 saturated carbocycles. The van der Waals surface area contributed by atoms with Crippen molar-refractivity contribution in [3.05, 3.63) is 0 Å². The summed E-state index contributed by atoms with van der Waals surface area (Å²) in [6, 6.07) is 0. The van der Waals surface area contributed by atoms with E-state index in [1.54, 1.807) is 0 Å². The van der Waals surface area contributed by atoms with Crippen molar-refractivity contribution in [2.45, 2.75) is 25.8 Å². The molecule has 9 heavy (non-hydrogen) atoms. The Balaban J connectivity index is 3.06. The summed E-state index contributed by atoms with van der Waals surface area (Å²) in [5.74, 6) is 0. The summed E-state index contributed by atoms with van der Waals surface area (Å²) < 4.78 is 0. The largest absolute Gasteiger partial charge is 0.379 e. The van der Waals surface area contributed by atoms with E-state index in [-0.39, 0.29) is 6.54 Å². The third-order valence-corrected chi connectivity index (χ3v) is 0.949. The molecular weight excluding hydrogens is 120 g/mol. The molecule has 0 bridgehead atoms. The highest BCUT2D eigenvalue weighted by molar-refractivity contribution is 4.53. The molecule has 0 aliphatic heterocycles. The fourth-order valence-electron chi connectivity index (χ4n) is 0.401. The summed E-state index contributed by atoms with van der Waals surface area (Å²) in [7, 11) is 0. The van der Waals surface area contributed by atoms with Crippen LogP contribution in [0.2, 0.25) is 0 Å². The maximum Gasteiger partial charge on any atom is 0.115 e. The van der Waals surface area contributed by atoms with Crippen molar-refractivity contribution < 1.29 is 10.2 Å². The van der Waals surface area contributed by atoms with Crippen LogP contribution in [0.25, 0.3) is 0 Å². The molecule has 0 amide bonds. The van der Waals surface area contributed by atoms with Crippen LogP contribution in [0.3, 0.4) is 0 Å². The van der Waals surface area contributed by atoms with E-state index < -0.39 is 12.5 Å². The molecule has 0 saturated heterocycles. The van der Waals surface area contributed by atoms with E-state index in [1.807, 2.05) is 6.92 Å². The van der Waals surface area contributed by atoms with Crippen LogP contribution in [-0.2, 0) is 0 Å². The summed E-state index contributed by atoms with van der Waals surface area (Å²) in [5.41, 5.74) is 4.98. The summed E-state index contributed by atoms with van der Waals surface area (Å²) >= 11 is 0. The van der Waals surface area contributed by atoms with E-state index >= 15 is 0 Å². The smallest absolute Gasteiger partial charge is 0.115 e. The lowest BCUT2D eigenvalue weighted by Gasteiger charge is -2.10. The average molecular weight is 134 g/mol. The second-order valence-electron chi connectivity index (χ2n) is 1.90. The molecule has 0 radical (unpaired) electrons. The molecule has 56 valence electrons. The molecule has 2 atom stereocenters. The standard InChI is InChI=1S/C5H14N2O2/c1-2-5(9)7-3-4(6)8/h4-5,7-9H,2-3,6H2,1H3. The minimum Gasteiger partial charge on any atom is -0.379 e. The van der Waals surface area contributed by atoms with Crippen LogP contribution in [-0.4, -0.2) is 29.2 Å². The van der Waals surface area contributed by atoms with Gasteiger partial charge in [-0.25, -0.2) is 0 Å². The molecule has 5 N–H and O–H groups in total. The summed E-state index contributed by atoms with van der Waals surface area (Å²) in [6.45, 7) is 2.07. The molecule has 0 aromatic carbocycles. The number of hydrogen-bond donors (Lipinski definition) is 4. The summed E-state index contributed by atoms with van der Waals surface area (Å²) in [5, 5.41) is 19.9. The van der Waals surface area contributed by atoms with Gasteiger partial charge in [0.1, 0.15) is 12.5 Å². The number of hydrogen-bond acceptors (Lipinski definition) is 4. The first-order chi connectivity index (χ1) is 4.16. The SMILES string of the molecule is CCC(O)NCC(N)O. The van der Waals surface area contributed by atoms with E-state index in [0.717, 1.165) is 0 Å². The molecule has 0 fully saturated rings. The molecule has 0 spiro atoms. The zero-order valence-corrected chi connectivity index (χ0v) is 5.54. The van der Waals surface area contributed by atoms with Gasteiger partial charge in [0.25, 0.3) is 0 Å². The van der Waals surface area contributed by atoms with Gasteiger partial charge in [0, 0.05) is 6.54 Å². The third kappa shape index (κ3) is 5.72. The maximum atomic E-state index is 8.83. The molecule has 4 nitrogen and oxygen atoms in total. The van der Waals surface area contributed by atoms with Gasteiger partial charge in [0.15, 0.2) is 0 Å². The van der Waals surface area contributed by atoms with Gasteiger partial charge in [-0.3, -0.25) is 5.32 Å². The highest BCUT2D eigenvalue weighted by atomic mass is 16.3. The number of nitrogens with one attached hydrogen (secondary N) is 1. The first-order valence-electron chi connectivity index (χ1n) is 3.02. The topological polar surface area (TPSA) is 78.5 Å². The maximum absolute atomic E-state index is 8.83. The van der Waals surface area contributed by atoms with Crippen LogP contribution in [0, 0.1) is 0 Å². The second kappa shape index (κ2) is 4.69. The lowest BCUT2D eigenvalue weighted by Crippen LogP contribution is -2.38. The predicted molar refractivity (Wildman–Crippen MR) is 34.5 cm³/mol. The fraction of sp³-hybridized carbons (Fsp3) is 1.00. The van der Waals surface area contributed by atoms with Crippen molar-refractivity contribution >= 4 is 0 Å². The van der Waals surface area contributed by atoms with Gasteiger partial charge in [0.05, 0.1) is 0 Å². The van der Waals surface area contributed by atoms with Crippen LogP contribution in [0.1, 0.15) is 13.3 Å². The lowest BCUT2D eigenvalue weighted by molar-refractivity contribution is 0.102. The monoisotopic (exact) mass is 134 g/mol. The van der Waals surface area contributed by atoms with Crippen molar-refractivity contribution in [1.29, 1.82) is 0 Å². The number of aliphatic hydroxyl groups is 2. The Kier molecular flexibility index (Phi) is 4.61. The third-order valence-electron chi connectivity index (χ3n) is 0.949. The van der Waals surface area contributed by atoms with E-state index in [1.165, 1.54) is 0 Å². The van der Waals surface area contributed by atoms with Gasteiger partial charge in [-0.1, -0.05) is 6.92 Å². The normalized spacial score (nSPS) is 17.3. The van der Waals surface area contributed by atoms with Gasteiger partial charge < -0.3 is 15.9 Å². The van der Waals surface area contributed by atoms with Crippen LogP contribution >= 0.6 is 0 Å². The Labute approximate surface area is 54.7 Å². The van der Waals surface area contributed by atoms with Crippen molar-refractivity contribution in [1.82, 2.24) is 5.32 Å². The van der Waals surface area contributed by atoms with Crippen LogP contribution in [0.4, 0.5) is 0 Å². The van der Waals surface area contributed by atoms with E-state index in [4.69, 9.17) is 15.9 Å². The molecule has 0 aliphatic carbocycles. The van der Waals surface area contributed by atoms with Crippen molar-refractivity contribution in [2.24, 2.45) is 5.73 Å². The Hall–Kier alpha value is -0.160. The van der Waals surface area contributed by atoms with Gasteiger partial charge in [-0.2, -0.15) is 0 Å². The molecule has 0 heterocycles. The van der Waals surface area contributed by atoms with Crippen molar-refractivity contribution in [3.63, 3.8) is 0 Å². The molecule has 0 aliphatic rings. The average Bonchev–Trinajstić information content (AvgIpc) is 1.83. The van der Waals surface area contributed by atoms with Gasteiger partial charge in [-0.15, -0.1) is 0 Å². The zero-order valence-electron chi connectivity index (χ0n) is 5.54. The summed E-state index contributed by atoms with van der Waals surface area (Å²) in [6.07, 6.45) is -0.818. The Morgan fingerprint density at radius 1 is 1.56 bits per heavy atom. The Bertz CT molecular complexity index is 68.0. The fourth-order valence-corrected chi connectivity index (χ4v) is 0.401. The number of rotatable bonds is 4. The highest BCUT2D eigenvalue weighted by Crippen LogP contribution is 1.81. The minimum atomic E-state index is -0.883. The molecule has 2 unspecified atom stereocenters. The van der Waals surface area contributed by atoms with E-state index in [2.05, 4.69) is 5.32 Å². The van der Waals surface area contributed by atoms with Gasteiger partial charge in [0.2, 0.25) is 0 Å². The van der Waals surface area contributed by atoms with Crippen LogP contribution in [0.15, 0.2) is 0 Å². The molecule has 0 aromatic rings. The first kappa shape index (κ1) is 8.84. The van der Waals surface area contributed by atoms with Crippen LogP contribution in [0.5, 0.6) is 0 Å². The zero-order chi connectivity index (χ0) is 7.28. The molecule has 0 aromatic heterocycles. The first-order valence-corrected chi connectivity index (χ1v) is 3.02. The van der Waals surface area contributed by atoms with E-state index in [0.29, 0.717) is 6.42 Å². The van der Waals surface area contributed by atoms with Crippen LogP contribution < -0.4 is 11.1 Å². The van der Waals surface area contributed by atoms with Gasteiger partial charge in [-0.05, 0) is 6.42 Å². The molecule has 0 rings (SSSR count). The quantitative estimate of drug-likeness (QED) is 0.356. The minimum absolute atomic E-state index is 0.231. The summed E-state index contributed by atoms with van der Waals surface area (Å²) in [4.78, 5) is 0. The van der Waals surface area contributed by atoms with E-state index in [9.17, 15) is 0 Å². The Morgan fingerprint density at radius 3 is 2.44 bits per heavy atom. The Morgan fingerprint density at radius 2 is 2.11 bits per heavy atom. The highest BCUT2D eigenvalue weighted by Gasteiger charge is 1.99. The van der Waals surface area contributed by atoms with Crippen molar-refractivity contribution in [2.75, 3.05) is 6.54 Å².